The van der Waals surface area contributed by atoms with Crippen LogP contribution in [0.1, 0.15) is 12.0 Å². The van der Waals surface area contributed by atoms with Gasteiger partial charge < -0.3 is 5.11 Å². The SMILES string of the molecule is OCC/C=C\Cc1ccccc1Br. The molecule has 0 saturated heterocycles. The van der Waals surface area contributed by atoms with E-state index in [-0.39, 0.29) is 6.61 Å². The van der Waals surface area contributed by atoms with Crippen LogP contribution in [0.2, 0.25) is 0 Å². The second-order valence-corrected chi connectivity index (χ2v) is 3.63. The van der Waals surface area contributed by atoms with Crippen molar-refractivity contribution in [3.63, 3.8) is 0 Å². The number of aliphatic hydroxyl groups is 1. The molecular formula is C11H13BrO. The summed E-state index contributed by atoms with van der Waals surface area (Å²) in [7, 11) is 0. The fourth-order valence-electron chi connectivity index (χ4n) is 1.07. The van der Waals surface area contributed by atoms with Gasteiger partial charge in [-0.1, -0.05) is 46.3 Å². The average molecular weight is 241 g/mol. The zero-order chi connectivity index (χ0) is 9.52. The summed E-state index contributed by atoms with van der Waals surface area (Å²) in [5.41, 5.74) is 1.27. The highest BCUT2D eigenvalue weighted by Gasteiger charge is 1.93. The highest BCUT2D eigenvalue weighted by molar-refractivity contribution is 9.10. The first-order valence-electron chi connectivity index (χ1n) is 4.34. The molecule has 1 nitrogen and oxygen atoms in total. The van der Waals surface area contributed by atoms with Crippen molar-refractivity contribution >= 4 is 15.9 Å². The number of aliphatic hydroxyl groups excluding tert-OH is 1. The smallest absolute Gasteiger partial charge is 0.0465 e. The maximum absolute atomic E-state index is 8.56. The van der Waals surface area contributed by atoms with E-state index in [1.165, 1.54) is 5.56 Å². The average Bonchev–Trinajstić information content (AvgIpc) is 2.15. The van der Waals surface area contributed by atoms with Crippen molar-refractivity contribution in [3.8, 4) is 0 Å². The van der Waals surface area contributed by atoms with Crippen LogP contribution >= 0.6 is 15.9 Å². The maximum Gasteiger partial charge on any atom is 0.0465 e. The van der Waals surface area contributed by atoms with Gasteiger partial charge in [0.2, 0.25) is 0 Å². The van der Waals surface area contributed by atoms with Crippen LogP contribution in [-0.4, -0.2) is 11.7 Å². The van der Waals surface area contributed by atoms with E-state index >= 15 is 0 Å². The Hall–Kier alpha value is -0.600. The molecule has 0 saturated carbocycles. The van der Waals surface area contributed by atoms with Crippen molar-refractivity contribution in [1.82, 2.24) is 0 Å². The number of allylic oxidation sites excluding steroid dienone is 1. The Morgan fingerprint density at radius 3 is 2.69 bits per heavy atom. The van der Waals surface area contributed by atoms with Crippen LogP contribution < -0.4 is 0 Å². The van der Waals surface area contributed by atoms with E-state index in [9.17, 15) is 0 Å². The first-order chi connectivity index (χ1) is 6.34. The number of benzene rings is 1. The Morgan fingerprint density at radius 2 is 2.00 bits per heavy atom. The second kappa shape index (κ2) is 5.95. The molecule has 2 heteroatoms. The molecule has 0 spiro atoms. The van der Waals surface area contributed by atoms with Crippen molar-refractivity contribution < 1.29 is 5.11 Å². The Bertz CT molecular complexity index is 281. The van der Waals surface area contributed by atoms with E-state index in [1.807, 2.05) is 24.3 Å². The Balaban J connectivity index is 2.49. The van der Waals surface area contributed by atoms with Crippen molar-refractivity contribution in [2.45, 2.75) is 12.8 Å². The molecule has 1 aromatic carbocycles. The summed E-state index contributed by atoms with van der Waals surface area (Å²) in [6.45, 7) is 0.229. The van der Waals surface area contributed by atoms with Gasteiger partial charge in [0.25, 0.3) is 0 Å². The Morgan fingerprint density at radius 1 is 1.23 bits per heavy atom. The molecule has 0 aliphatic rings. The lowest BCUT2D eigenvalue weighted by Gasteiger charge is -1.98. The quantitative estimate of drug-likeness (QED) is 0.803. The van der Waals surface area contributed by atoms with Gasteiger partial charge in [0.05, 0.1) is 0 Å². The van der Waals surface area contributed by atoms with Gasteiger partial charge in [-0.3, -0.25) is 0 Å². The van der Waals surface area contributed by atoms with E-state index < -0.39 is 0 Å². The molecule has 0 aliphatic carbocycles. The van der Waals surface area contributed by atoms with Gasteiger partial charge >= 0.3 is 0 Å². The first-order valence-corrected chi connectivity index (χ1v) is 5.13. The minimum absolute atomic E-state index is 0.229. The van der Waals surface area contributed by atoms with E-state index in [0.717, 1.165) is 17.3 Å². The van der Waals surface area contributed by atoms with E-state index in [4.69, 9.17) is 5.11 Å². The van der Waals surface area contributed by atoms with Crippen LogP contribution in [0.5, 0.6) is 0 Å². The topological polar surface area (TPSA) is 20.2 Å². The third-order valence-corrected chi connectivity index (χ3v) is 2.53. The summed E-state index contributed by atoms with van der Waals surface area (Å²) >= 11 is 3.48. The number of hydrogen-bond acceptors (Lipinski definition) is 1. The van der Waals surface area contributed by atoms with Crippen LogP contribution in [0, 0.1) is 0 Å². The fourth-order valence-corrected chi connectivity index (χ4v) is 1.51. The molecule has 0 aliphatic heterocycles. The molecule has 0 heterocycles. The van der Waals surface area contributed by atoms with Crippen molar-refractivity contribution in [3.05, 3.63) is 46.5 Å². The van der Waals surface area contributed by atoms with E-state index in [1.54, 1.807) is 0 Å². The zero-order valence-electron chi connectivity index (χ0n) is 7.41. The predicted octanol–water partition coefficient (Wildman–Crippen LogP) is 2.93. The molecule has 1 rings (SSSR count). The molecule has 0 amide bonds. The van der Waals surface area contributed by atoms with E-state index in [0.29, 0.717) is 0 Å². The Kier molecular flexibility index (Phi) is 4.79. The fraction of sp³-hybridized carbons (Fsp3) is 0.273. The summed E-state index contributed by atoms with van der Waals surface area (Å²) in [6, 6.07) is 8.16. The van der Waals surface area contributed by atoms with Crippen LogP contribution in [0.4, 0.5) is 0 Å². The molecule has 1 aromatic rings. The standard InChI is InChI=1S/C11H13BrO/c12-11-8-4-3-7-10(11)6-2-1-5-9-13/h1-4,7-8,13H,5-6,9H2/b2-1-. The molecular weight excluding hydrogens is 228 g/mol. The van der Waals surface area contributed by atoms with Gasteiger partial charge in [-0.15, -0.1) is 0 Å². The predicted molar refractivity (Wildman–Crippen MR) is 58.7 cm³/mol. The first kappa shape index (κ1) is 10.5. The Labute approximate surface area is 87.2 Å². The molecule has 13 heavy (non-hydrogen) atoms. The highest BCUT2D eigenvalue weighted by Crippen LogP contribution is 2.16. The van der Waals surface area contributed by atoms with Crippen LogP contribution in [-0.2, 0) is 6.42 Å². The van der Waals surface area contributed by atoms with Gasteiger partial charge in [0.1, 0.15) is 0 Å². The normalized spacial score (nSPS) is 10.9. The molecule has 0 fully saturated rings. The van der Waals surface area contributed by atoms with Crippen molar-refractivity contribution in [1.29, 1.82) is 0 Å². The minimum Gasteiger partial charge on any atom is -0.396 e. The minimum atomic E-state index is 0.229. The summed E-state index contributed by atoms with van der Waals surface area (Å²) in [6.07, 6.45) is 5.74. The second-order valence-electron chi connectivity index (χ2n) is 2.78. The number of hydrogen-bond donors (Lipinski definition) is 1. The van der Waals surface area contributed by atoms with Crippen molar-refractivity contribution in [2.24, 2.45) is 0 Å². The molecule has 0 bridgehead atoms. The van der Waals surface area contributed by atoms with Crippen molar-refractivity contribution in [2.75, 3.05) is 6.61 Å². The summed E-state index contributed by atoms with van der Waals surface area (Å²) in [5.74, 6) is 0. The summed E-state index contributed by atoms with van der Waals surface area (Å²) in [4.78, 5) is 0. The third-order valence-electron chi connectivity index (χ3n) is 1.76. The van der Waals surface area contributed by atoms with E-state index in [2.05, 4.69) is 28.1 Å². The lowest BCUT2D eigenvalue weighted by molar-refractivity contribution is 0.302. The summed E-state index contributed by atoms with van der Waals surface area (Å²) < 4.78 is 1.14. The number of rotatable bonds is 4. The van der Waals surface area contributed by atoms with Gasteiger partial charge in [-0.2, -0.15) is 0 Å². The highest BCUT2D eigenvalue weighted by atomic mass is 79.9. The lowest BCUT2D eigenvalue weighted by atomic mass is 10.1. The van der Waals surface area contributed by atoms with Gasteiger partial charge in [0, 0.05) is 11.1 Å². The largest absolute Gasteiger partial charge is 0.396 e. The zero-order valence-corrected chi connectivity index (χ0v) is 9.00. The molecule has 70 valence electrons. The number of halogens is 1. The lowest BCUT2D eigenvalue weighted by Crippen LogP contribution is -1.82. The monoisotopic (exact) mass is 240 g/mol. The summed E-state index contributed by atoms with van der Waals surface area (Å²) in [5, 5.41) is 8.56. The maximum atomic E-state index is 8.56. The van der Waals surface area contributed by atoms with Gasteiger partial charge in [0.15, 0.2) is 0 Å². The molecule has 0 aromatic heterocycles. The van der Waals surface area contributed by atoms with Crippen LogP contribution in [0.3, 0.4) is 0 Å². The molecule has 1 N–H and O–H groups in total. The molecule has 0 radical (unpaired) electrons. The van der Waals surface area contributed by atoms with Gasteiger partial charge in [-0.25, -0.2) is 0 Å². The van der Waals surface area contributed by atoms with Gasteiger partial charge in [-0.05, 0) is 24.5 Å². The molecule has 0 unspecified atom stereocenters. The van der Waals surface area contributed by atoms with Crippen LogP contribution in [0.15, 0.2) is 40.9 Å². The molecule has 0 atom stereocenters. The third kappa shape index (κ3) is 3.75. The van der Waals surface area contributed by atoms with Crippen LogP contribution in [0.25, 0.3) is 0 Å².